The Kier molecular flexibility index (Phi) is 5.15. The number of carbonyl (C=O) groups excluding carboxylic acids is 3. The van der Waals surface area contributed by atoms with Gasteiger partial charge in [0.15, 0.2) is 0 Å². The van der Waals surface area contributed by atoms with Gasteiger partial charge in [-0.15, -0.1) is 0 Å². The summed E-state index contributed by atoms with van der Waals surface area (Å²) in [5.41, 5.74) is 1.20. The largest absolute Gasteiger partial charge is 0.381 e. The van der Waals surface area contributed by atoms with Crippen molar-refractivity contribution in [3.8, 4) is 0 Å². The number of carbonyl (C=O) groups is 3. The van der Waals surface area contributed by atoms with Crippen molar-refractivity contribution < 1.29 is 23.5 Å². The van der Waals surface area contributed by atoms with Gasteiger partial charge >= 0.3 is 0 Å². The first kappa shape index (κ1) is 19.3. The zero-order valence-electron chi connectivity index (χ0n) is 15.8. The number of fused-ring (bicyclic) bond motifs is 1. The highest BCUT2D eigenvalue weighted by Crippen LogP contribution is 2.34. The summed E-state index contributed by atoms with van der Waals surface area (Å²) >= 11 is 0. The Morgan fingerprint density at radius 2 is 1.59 bits per heavy atom. The molecule has 1 N–H and O–H groups in total. The average Bonchev–Trinajstić information content (AvgIpc) is 2.98. The van der Waals surface area contributed by atoms with Gasteiger partial charge in [-0.3, -0.25) is 19.3 Å². The van der Waals surface area contributed by atoms with Crippen LogP contribution in [0.25, 0.3) is 0 Å². The molecule has 2 aliphatic rings. The quantitative estimate of drug-likeness (QED) is 0.787. The van der Waals surface area contributed by atoms with E-state index in [0.29, 0.717) is 43.7 Å². The van der Waals surface area contributed by atoms with Crippen molar-refractivity contribution in [3.05, 3.63) is 71.0 Å². The Balaban J connectivity index is 1.45. The normalized spacial score (nSPS) is 17.9. The molecule has 0 spiro atoms. The Morgan fingerprint density at radius 1 is 1.00 bits per heavy atom. The number of hydrogen-bond donors (Lipinski definition) is 1. The summed E-state index contributed by atoms with van der Waals surface area (Å²) in [5.74, 6) is -1.64. The van der Waals surface area contributed by atoms with Crippen LogP contribution in [0.5, 0.6) is 0 Å². The summed E-state index contributed by atoms with van der Waals surface area (Å²) in [6.45, 7) is 1.09. The van der Waals surface area contributed by atoms with Crippen LogP contribution in [0.2, 0.25) is 0 Å². The van der Waals surface area contributed by atoms with E-state index in [0.717, 1.165) is 10.5 Å². The van der Waals surface area contributed by atoms with Gasteiger partial charge in [0.2, 0.25) is 5.91 Å². The molecule has 0 bridgehead atoms. The molecule has 0 radical (unpaired) electrons. The number of imide groups is 1. The number of ether oxygens (including phenoxy) is 1. The van der Waals surface area contributed by atoms with Crippen LogP contribution in [0.1, 0.15) is 39.1 Å². The Labute approximate surface area is 167 Å². The second-order valence-electron chi connectivity index (χ2n) is 7.42. The first-order valence-electron chi connectivity index (χ1n) is 9.56. The van der Waals surface area contributed by atoms with Gasteiger partial charge in [-0.2, -0.15) is 0 Å². The third-order valence-electron chi connectivity index (χ3n) is 5.71. The van der Waals surface area contributed by atoms with Crippen molar-refractivity contribution >= 4 is 17.7 Å². The Bertz CT molecular complexity index is 917. The molecule has 2 heterocycles. The molecule has 1 saturated heterocycles. The molecular weight excluding hydrogens is 375 g/mol. The maximum absolute atomic E-state index is 13.3. The van der Waals surface area contributed by atoms with E-state index in [-0.39, 0.29) is 17.8 Å². The molecule has 0 saturated carbocycles. The van der Waals surface area contributed by atoms with E-state index in [1.54, 1.807) is 36.4 Å². The van der Waals surface area contributed by atoms with Gasteiger partial charge < -0.3 is 10.1 Å². The van der Waals surface area contributed by atoms with Crippen LogP contribution in [-0.4, -0.2) is 48.9 Å². The summed E-state index contributed by atoms with van der Waals surface area (Å²) in [4.78, 5) is 38.4. The molecule has 2 aromatic carbocycles. The lowest BCUT2D eigenvalue weighted by Gasteiger charge is -2.38. The summed E-state index contributed by atoms with van der Waals surface area (Å²) in [6, 6.07) is 12.8. The number of hydrogen-bond acceptors (Lipinski definition) is 4. The molecule has 0 aromatic heterocycles. The minimum atomic E-state index is -0.458. The smallest absolute Gasteiger partial charge is 0.262 e. The van der Waals surface area contributed by atoms with E-state index in [4.69, 9.17) is 4.74 Å². The van der Waals surface area contributed by atoms with Crippen molar-refractivity contribution in [1.82, 2.24) is 10.2 Å². The second-order valence-corrected chi connectivity index (χ2v) is 7.42. The van der Waals surface area contributed by atoms with Gasteiger partial charge in [0.05, 0.1) is 11.1 Å². The number of nitrogens with zero attached hydrogens (tertiary/aromatic N) is 1. The van der Waals surface area contributed by atoms with Gasteiger partial charge in [-0.25, -0.2) is 4.39 Å². The molecule has 4 rings (SSSR count). The van der Waals surface area contributed by atoms with Gasteiger partial charge in [0, 0.05) is 25.2 Å². The molecule has 0 unspecified atom stereocenters. The predicted molar refractivity (Wildman–Crippen MR) is 103 cm³/mol. The molecule has 3 amide bonds. The summed E-state index contributed by atoms with van der Waals surface area (Å²) < 4.78 is 18.8. The molecule has 6 nitrogen and oxygen atoms in total. The summed E-state index contributed by atoms with van der Waals surface area (Å²) in [5, 5.41) is 2.87. The lowest BCUT2D eigenvalue weighted by atomic mass is 9.74. The Morgan fingerprint density at radius 3 is 2.17 bits per heavy atom. The van der Waals surface area contributed by atoms with Crippen molar-refractivity contribution in [2.45, 2.75) is 18.3 Å². The second kappa shape index (κ2) is 7.75. The van der Waals surface area contributed by atoms with Crippen molar-refractivity contribution in [2.75, 3.05) is 26.3 Å². The van der Waals surface area contributed by atoms with Crippen LogP contribution < -0.4 is 5.32 Å². The summed E-state index contributed by atoms with van der Waals surface area (Å²) in [7, 11) is 0. The van der Waals surface area contributed by atoms with Gasteiger partial charge in [-0.05, 0) is 42.7 Å². The Hall–Kier alpha value is -3.06. The fourth-order valence-electron chi connectivity index (χ4n) is 3.98. The molecule has 0 aliphatic carbocycles. The summed E-state index contributed by atoms with van der Waals surface area (Å²) in [6.07, 6.45) is 1.37. The lowest BCUT2D eigenvalue weighted by molar-refractivity contribution is -0.121. The van der Waals surface area contributed by atoms with Crippen LogP contribution in [0, 0.1) is 5.82 Å². The van der Waals surface area contributed by atoms with Crippen molar-refractivity contribution in [1.29, 1.82) is 0 Å². The zero-order valence-corrected chi connectivity index (χ0v) is 15.8. The van der Waals surface area contributed by atoms with Gasteiger partial charge in [0.1, 0.15) is 12.4 Å². The van der Waals surface area contributed by atoms with Crippen LogP contribution in [0.4, 0.5) is 4.39 Å². The van der Waals surface area contributed by atoms with Crippen molar-refractivity contribution in [2.24, 2.45) is 0 Å². The third-order valence-corrected chi connectivity index (χ3v) is 5.71. The van der Waals surface area contributed by atoms with E-state index >= 15 is 0 Å². The van der Waals surface area contributed by atoms with Crippen LogP contribution in [0.3, 0.4) is 0 Å². The van der Waals surface area contributed by atoms with Gasteiger partial charge in [-0.1, -0.05) is 24.3 Å². The molecule has 1 fully saturated rings. The zero-order chi connectivity index (χ0) is 20.4. The molecule has 0 atom stereocenters. The van der Waals surface area contributed by atoms with Crippen LogP contribution in [-0.2, 0) is 14.9 Å². The van der Waals surface area contributed by atoms with E-state index in [2.05, 4.69) is 5.32 Å². The topological polar surface area (TPSA) is 75.7 Å². The first-order valence-corrected chi connectivity index (χ1v) is 9.56. The highest BCUT2D eigenvalue weighted by atomic mass is 19.1. The van der Waals surface area contributed by atoms with Crippen LogP contribution in [0.15, 0.2) is 48.5 Å². The monoisotopic (exact) mass is 396 g/mol. The van der Waals surface area contributed by atoms with E-state index in [9.17, 15) is 18.8 Å². The molecule has 2 aliphatic heterocycles. The third kappa shape index (κ3) is 3.65. The number of benzene rings is 2. The molecule has 7 heteroatoms. The standard InChI is InChI=1S/C22H21FN2O4/c23-16-7-5-15(6-8-16)22(9-11-29-12-10-22)14-24-19(26)13-25-20(27)17-3-1-2-4-18(17)21(25)28/h1-8H,9-14H2,(H,24,26). The minimum Gasteiger partial charge on any atom is -0.381 e. The fraction of sp³-hybridized carbons (Fsp3) is 0.318. The average molecular weight is 396 g/mol. The van der Waals surface area contributed by atoms with Crippen LogP contribution >= 0.6 is 0 Å². The minimum absolute atomic E-state index is 0.314. The number of rotatable bonds is 5. The molecule has 29 heavy (non-hydrogen) atoms. The van der Waals surface area contributed by atoms with E-state index in [1.165, 1.54) is 12.1 Å². The fourth-order valence-corrected chi connectivity index (χ4v) is 3.98. The lowest BCUT2D eigenvalue weighted by Crippen LogP contribution is -2.47. The number of amides is 3. The first-order chi connectivity index (χ1) is 14.0. The van der Waals surface area contributed by atoms with E-state index < -0.39 is 17.7 Å². The highest BCUT2D eigenvalue weighted by molar-refractivity contribution is 6.22. The molecule has 150 valence electrons. The number of nitrogens with one attached hydrogen (secondary N) is 1. The maximum atomic E-state index is 13.3. The highest BCUT2D eigenvalue weighted by Gasteiger charge is 2.38. The molecular formula is C22H21FN2O4. The van der Waals surface area contributed by atoms with E-state index in [1.807, 2.05) is 0 Å². The number of halogens is 1. The SMILES string of the molecule is O=C(CN1C(=O)c2ccccc2C1=O)NCC1(c2ccc(F)cc2)CCOCC1. The van der Waals surface area contributed by atoms with Crippen molar-refractivity contribution in [3.63, 3.8) is 0 Å². The predicted octanol–water partition coefficient (Wildman–Crippen LogP) is 2.29. The maximum Gasteiger partial charge on any atom is 0.262 e. The van der Waals surface area contributed by atoms with Gasteiger partial charge in [0.25, 0.3) is 11.8 Å². The molecule has 2 aromatic rings.